The Hall–Kier alpha value is 0.534. The molecule has 1 atom stereocenters. The molecule has 1 saturated heterocycles. The molecule has 0 aromatic heterocycles. The van der Waals surface area contributed by atoms with Crippen LogP contribution in [0.1, 0.15) is 12.8 Å². The molecule has 0 bridgehead atoms. The van der Waals surface area contributed by atoms with Gasteiger partial charge in [-0.2, -0.15) is 0 Å². The second-order valence-corrected chi connectivity index (χ2v) is 2.00. The molecule has 4 heteroatoms. The first-order valence-electron chi connectivity index (χ1n) is 2.74. The molecule has 9 heavy (non-hydrogen) atoms. The third-order valence-electron chi connectivity index (χ3n) is 1.22. The van der Waals surface area contributed by atoms with Crippen molar-refractivity contribution in [3.05, 3.63) is 0 Å². The SMILES string of the molecule is O=C1CC(O)CCN1.[Y]. The van der Waals surface area contributed by atoms with Gasteiger partial charge in [0.05, 0.1) is 12.5 Å². The first-order valence-corrected chi connectivity index (χ1v) is 2.74. The average molecular weight is 204 g/mol. The minimum Gasteiger partial charge on any atom is -0.393 e. The summed E-state index contributed by atoms with van der Waals surface area (Å²) >= 11 is 0. The molecular formula is C5H9NO2Y. The summed E-state index contributed by atoms with van der Waals surface area (Å²) in [4.78, 5) is 10.4. The summed E-state index contributed by atoms with van der Waals surface area (Å²) in [5, 5.41) is 11.4. The average Bonchev–Trinajstić information content (AvgIpc) is 1.64. The van der Waals surface area contributed by atoms with E-state index >= 15 is 0 Å². The van der Waals surface area contributed by atoms with Gasteiger partial charge in [0, 0.05) is 39.3 Å². The summed E-state index contributed by atoms with van der Waals surface area (Å²) in [6.07, 6.45) is 0.579. The summed E-state index contributed by atoms with van der Waals surface area (Å²) in [5.41, 5.74) is 0. The maximum Gasteiger partial charge on any atom is 0.222 e. The van der Waals surface area contributed by atoms with Gasteiger partial charge in [-0.3, -0.25) is 4.79 Å². The fourth-order valence-electron chi connectivity index (χ4n) is 0.766. The van der Waals surface area contributed by atoms with Crippen molar-refractivity contribution in [2.45, 2.75) is 18.9 Å². The number of aliphatic hydroxyl groups is 1. The maximum absolute atomic E-state index is 10.4. The van der Waals surface area contributed by atoms with E-state index < -0.39 is 6.10 Å². The van der Waals surface area contributed by atoms with Crippen molar-refractivity contribution in [1.82, 2.24) is 5.32 Å². The van der Waals surface area contributed by atoms with Crippen LogP contribution in [-0.2, 0) is 37.5 Å². The van der Waals surface area contributed by atoms with E-state index in [0.29, 0.717) is 13.0 Å². The van der Waals surface area contributed by atoms with Crippen LogP contribution < -0.4 is 5.32 Å². The molecule has 1 amide bonds. The Labute approximate surface area is 79.1 Å². The van der Waals surface area contributed by atoms with E-state index in [9.17, 15) is 4.79 Å². The zero-order valence-corrected chi connectivity index (χ0v) is 7.97. The molecule has 1 unspecified atom stereocenters. The van der Waals surface area contributed by atoms with Crippen LogP contribution in [0.2, 0.25) is 0 Å². The van der Waals surface area contributed by atoms with E-state index in [-0.39, 0.29) is 45.0 Å². The normalized spacial score (nSPS) is 26.3. The third kappa shape index (κ3) is 3.28. The largest absolute Gasteiger partial charge is 0.393 e. The zero-order valence-electron chi connectivity index (χ0n) is 5.13. The Kier molecular flexibility index (Phi) is 4.62. The topological polar surface area (TPSA) is 49.3 Å². The van der Waals surface area contributed by atoms with Crippen LogP contribution in [0.3, 0.4) is 0 Å². The quantitative estimate of drug-likeness (QED) is 0.545. The number of carbonyl (C=O) groups excluding carboxylic acids is 1. The Morgan fingerprint density at radius 1 is 1.67 bits per heavy atom. The van der Waals surface area contributed by atoms with Crippen molar-refractivity contribution in [2.75, 3.05) is 6.54 Å². The number of hydrogen-bond donors (Lipinski definition) is 2. The Bertz CT molecular complexity index is 107. The monoisotopic (exact) mass is 204 g/mol. The molecule has 0 spiro atoms. The Morgan fingerprint density at radius 2 is 2.33 bits per heavy atom. The first-order chi connectivity index (χ1) is 3.79. The molecular weight excluding hydrogens is 195 g/mol. The first kappa shape index (κ1) is 9.53. The van der Waals surface area contributed by atoms with Crippen LogP contribution in [0.5, 0.6) is 0 Å². The standard InChI is InChI=1S/C5H9NO2.Y/c7-4-1-2-6-5(8)3-4;/h4,7H,1-3H2,(H,6,8);. The minimum absolute atomic E-state index is 0. The summed E-state index contributed by atoms with van der Waals surface area (Å²) < 4.78 is 0. The van der Waals surface area contributed by atoms with E-state index in [1.54, 1.807) is 0 Å². The number of nitrogens with one attached hydrogen (secondary N) is 1. The van der Waals surface area contributed by atoms with Gasteiger partial charge < -0.3 is 10.4 Å². The van der Waals surface area contributed by atoms with Crippen LogP contribution in [0.4, 0.5) is 0 Å². The maximum atomic E-state index is 10.4. The van der Waals surface area contributed by atoms with Crippen LogP contribution in [0, 0.1) is 0 Å². The van der Waals surface area contributed by atoms with Crippen LogP contribution in [0.15, 0.2) is 0 Å². The molecule has 1 aliphatic heterocycles. The van der Waals surface area contributed by atoms with E-state index in [4.69, 9.17) is 5.11 Å². The molecule has 1 radical (unpaired) electrons. The van der Waals surface area contributed by atoms with E-state index in [0.717, 1.165) is 0 Å². The zero-order chi connectivity index (χ0) is 5.98. The van der Waals surface area contributed by atoms with Crippen molar-refractivity contribution in [2.24, 2.45) is 0 Å². The molecule has 3 nitrogen and oxygen atoms in total. The Morgan fingerprint density at radius 3 is 2.67 bits per heavy atom. The summed E-state index contributed by atoms with van der Waals surface area (Å²) in [6.45, 7) is 0.625. The molecule has 0 saturated carbocycles. The van der Waals surface area contributed by atoms with Gasteiger partial charge in [0.2, 0.25) is 5.91 Å². The summed E-state index contributed by atoms with van der Waals surface area (Å²) in [7, 11) is 0. The van der Waals surface area contributed by atoms with Gasteiger partial charge in [-0.1, -0.05) is 0 Å². The van der Waals surface area contributed by atoms with Crippen LogP contribution in [-0.4, -0.2) is 23.7 Å². The molecule has 0 aromatic carbocycles. The molecule has 0 aliphatic carbocycles. The van der Waals surface area contributed by atoms with Crippen LogP contribution in [0.25, 0.3) is 0 Å². The smallest absolute Gasteiger partial charge is 0.222 e. The Balaban J connectivity index is 0.000000640. The van der Waals surface area contributed by atoms with Gasteiger partial charge in [0.1, 0.15) is 0 Å². The predicted molar refractivity (Wildman–Crippen MR) is 28.3 cm³/mol. The van der Waals surface area contributed by atoms with Crippen LogP contribution >= 0.6 is 0 Å². The van der Waals surface area contributed by atoms with Gasteiger partial charge in [0.15, 0.2) is 0 Å². The number of aliphatic hydroxyl groups excluding tert-OH is 1. The molecule has 49 valence electrons. The van der Waals surface area contributed by atoms with Crippen molar-refractivity contribution in [1.29, 1.82) is 0 Å². The molecule has 0 aromatic rings. The van der Waals surface area contributed by atoms with E-state index in [1.165, 1.54) is 0 Å². The number of amides is 1. The van der Waals surface area contributed by atoms with Gasteiger partial charge in [-0.15, -0.1) is 0 Å². The van der Waals surface area contributed by atoms with Gasteiger partial charge in [-0.25, -0.2) is 0 Å². The molecule has 1 heterocycles. The van der Waals surface area contributed by atoms with E-state index in [1.807, 2.05) is 0 Å². The number of rotatable bonds is 0. The predicted octanol–water partition coefficient (Wildman–Crippen LogP) is -0.745. The molecule has 1 rings (SSSR count). The summed E-state index contributed by atoms with van der Waals surface area (Å²) in [6, 6.07) is 0. The van der Waals surface area contributed by atoms with E-state index in [2.05, 4.69) is 5.32 Å². The van der Waals surface area contributed by atoms with Crippen molar-refractivity contribution in [3.63, 3.8) is 0 Å². The number of hydrogen-bond acceptors (Lipinski definition) is 2. The van der Waals surface area contributed by atoms with Gasteiger partial charge >= 0.3 is 0 Å². The second kappa shape index (κ2) is 4.37. The van der Waals surface area contributed by atoms with Gasteiger partial charge in [0.25, 0.3) is 0 Å². The second-order valence-electron chi connectivity index (χ2n) is 2.00. The van der Waals surface area contributed by atoms with Crippen molar-refractivity contribution >= 4 is 5.91 Å². The number of carbonyl (C=O) groups is 1. The van der Waals surface area contributed by atoms with Crippen molar-refractivity contribution in [3.8, 4) is 0 Å². The molecule has 2 N–H and O–H groups in total. The fourth-order valence-corrected chi connectivity index (χ4v) is 0.766. The molecule has 1 aliphatic rings. The summed E-state index contributed by atoms with van der Waals surface area (Å²) in [5.74, 6) is -0.0382. The molecule has 1 fully saturated rings. The fraction of sp³-hybridized carbons (Fsp3) is 0.800. The number of piperidine rings is 1. The van der Waals surface area contributed by atoms with Crippen molar-refractivity contribution < 1.29 is 42.6 Å². The third-order valence-corrected chi connectivity index (χ3v) is 1.22. The minimum atomic E-state index is -0.399. The van der Waals surface area contributed by atoms with Gasteiger partial charge in [-0.05, 0) is 6.42 Å².